The van der Waals surface area contributed by atoms with E-state index in [1.54, 1.807) is 6.92 Å². The van der Waals surface area contributed by atoms with Crippen molar-refractivity contribution in [1.29, 1.82) is 0 Å². The largest absolute Gasteiger partial charge is 0.490 e. The SMILES string of the molecule is C=C(C)C(=O)OCCCCCC(CCCCCC)Oc1ccccc1. The number of hydrogen-bond donors (Lipinski definition) is 0. The monoisotopic (exact) mass is 346 g/mol. The number of ether oxygens (including phenoxy) is 2. The van der Waals surface area contributed by atoms with Gasteiger partial charge in [-0.05, 0) is 57.6 Å². The number of esters is 1. The predicted molar refractivity (Wildman–Crippen MR) is 104 cm³/mol. The Bertz CT molecular complexity index is 481. The quantitative estimate of drug-likeness (QED) is 0.232. The van der Waals surface area contributed by atoms with Crippen LogP contribution in [0.25, 0.3) is 0 Å². The van der Waals surface area contributed by atoms with Crippen molar-refractivity contribution in [2.75, 3.05) is 6.61 Å². The molecule has 0 aliphatic carbocycles. The van der Waals surface area contributed by atoms with E-state index in [2.05, 4.69) is 13.5 Å². The normalized spacial score (nSPS) is 11.8. The van der Waals surface area contributed by atoms with E-state index in [1.807, 2.05) is 30.3 Å². The predicted octanol–water partition coefficient (Wildman–Crippen LogP) is 6.08. The Labute approximate surface area is 153 Å². The van der Waals surface area contributed by atoms with Crippen molar-refractivity contribution >= 4 is 5.97 Å². The van der Waals surface area contributed by atoms with Crippen molar-refractivity contribution in [3.63, 3.8) is 0 Å². The fourth-order valence-corrected chi connectivity index (χ4v) is 2.69. The zero-order chi connectivity index (χ0) is 18.3. The Morgan fingerprint density at radius 1 is 1.00 bits per heavy atom. The third kappa shape index (κ3) is 10.6. The van der Waals surface area contributed by atoms with E-state index in [1.165, 1.54) is 25.7 Å². The summed E-state index contributed by atoms with van der Waals surface area (Å²) < 4.78 is 11.3. The average Bonchev–Trinajstić information content (AvgIpc) is 2.61. The van der Waals surface area contributed by atoms with Gasteiger partial charge in [0.2, 0.25) is 0 Å². The molecule has 0 aromatic heterocycles. The van der Waals surface area contributed by atoms with Crippen molar-refractivity contribution < 1.29 is 14.3 Å². The van der Waals surface area contributed by atoms with Gasteiger partial charge in [-0.25, -0.2) is 4.79 Å². The Balaban J connectivity index is 2.27. The van der Waals surface area contributed by atoms with Crippen LogP contribution in [0.15, 0.2) is 42.5 Å². The van der Waals surface area contributed by atoms with E-state index in [9.17, 15) is 4.79 Å². The summed E-state index contributed by atoms with van der Waals surface area (Å²) in [5, 5.41) is 0. The fraction of sp³-hybridized carbons (Fsp3) is 0.591. The molecule has 0 radical (unpaired) electrons. The molecule has 1 rings (SSSR count). The molecule has 25 heavy (non-hydrogen) atoms. The Kier molecular flexibility index (Phi) is 11.5. The molecular weight excluding hydrogens is 312 g/mol. The number of benzene rings is 1. The van der Waals surface area contributed by atoms with E-state index in [-0.39, 0.29) is 12.1 Å². The van der Waals surface area contributed by atoms with Crippen LogP contribution >= 0.6 is 0 Å². The van der Waals surface area contributed by atoms with E-state index < -0.39 is 0 Å². The summed E-state index contributed by atoms with van der Waals surface area (Å²) in [6.07, 6.45) is 10.5. The van der Waals surface area contributed by atoms with Gasteiger partial charge in [0.05, 0.1) is 12.7 Å². The number of carbonyl (C=O) groups is 1. The first-order chi connectivity index (χ1) is 12.1. The van der Waals surface area contributed by atoms with Crippen LogP contribution in [0.5, 0.6) is 5.75 Å². The minimum atomic E-state index is -0.291. The molecule has 140 valence electrons. The summed E-state index contributed by atoms with van der Waals surface area (Å²) in [5.41, 5.74) is 0.461. The van der Waals surface area contributed by atoms with E-state index in [0.717, 1.165) is 37.9 Å². The van der Waals surface area contributed by atoms with Gasteiger partial charge in [-0.3, -0.25) is 0 Å². The van der Waals surface area contributed by atoms with Gasteiger partial charge in [0, 0.05) is 5.57 Å². The second kappa shape index (κ2) is 13.5. The number of para-hydroxylation sites is 1. The molecule has 3 heteroatoms. The molecule has 0 aliphatic heterocycles. The summed E-state index contributed by atoms with van der Waals surface area (Å²) in [6, 6.07) is 10.1. The molecule has 0 aliphatic rings. The zero-order valence-electron chi connectivity index (χ0n) is 16.0. The Morgan fingerprint density at radius 2 is 1.64 bits per heavy atom. The molecule has 0 heterocycles. The van der Waals surface area contributed by atoms with Gasteiger partial charge in [-0.15, -0.1) is 0 Å². The summed E-state index contributed by atoms with van der Waals surface area (Å²) in [6.45, 7) is 7.97. The minimum Gasteiger partial charge on any atom is -0.490 e. The van der Waals surface area contributed by atoms with E-state index >= 15 is 0 Å². The topological polar surface area (TPSA) is 35.5 Å². The van der Waals surface area contributed by atoms with Crippen LogP contribution in [0.3, 0.4) is 0 Å². The van der Waals surface area contributed by atoms with Crippen molar-refractivity contribution in [3.8, 4) is 5.75 Å². The average molecular weight is 347 g/mol. The standard InChI is InChI=1S/C22H34O3/c1-4-5-6-9-14-20(25-21-15-10-7-11-16-21)17-12-8-13-18-24-22(23)19(2)3/h7,10-11,15-16,20H,2,4-6,8-9,12-14,17-18H2,1,3H3. The highest BCUT2D eigenvalue weighted by Gasteiger charge is 2.10. The summed E-state index contributed by atoms with van der Waals surface area (Å²) in [4.78, 5) is 11.3. The fourth-order valence-electron chi connectivity index (χ4n) is 2.69. The number of unbranched alkanes of at least 4 members (excludes halogenated alkanes) is 5. The molecule has 3 nitrogen and oxygen atoms in total. The van der Waals surface area contributed by atoms with Crippen LogP contribution in [-0.4, -0.2) is 18.7 Å². The lowest BCUT2D eigenvalue weighted by molar-refractivity contribution is -0.139. The number of rotatable bonds is 14. The molecule has 0 saturated heterocycles. The van der Waals surface area contributed by atoms with Gasteiger partial charge < -0.3 is 9.47 Å². The van der Waals surface area contributed by atoms with Crippen molar-refractivity contribution in [2.24, 2.45) is 0 Å². The van der Waals surface area contributed by atoms with Crippen LogP contribution in [0.4, 0.5) is 0 Å². The highest BCUT2D eigenvalue weighted by Crippen LogP contribution is 2.19. The lowest BCUT2D eigenvalue weighted by Crippen LogP contribution is -2.16. The third-order valence-electron chi connectivity index (χ3n) is 4.18. The van der Waals surface area contributed by atoms with Crippen molar-refractivity contribution in [1.82, 2.24) is 0 Å². The maximum Gasteiger partial charge on any atom is 0.333 e. The van der Waals surface area contributed by atoms with Crippen LogP contribution in [0, 0.1) is 0 Å². The Hall–Kier alpha value is -1.77. The number of carbonyl (C=O) groups excluding carboxylic acids is 1. The van der Waals surface area contributed by atoms with Gasteiger partial charge >= 0.3 is 5.97 Å². The van der Waals surface area contributed by atoms with Gasteiger partial charge in [0.1, 0.15) is 5.75 Å². The zero-order valence-corrected chi connectivity index (χ0v) is 16.0. The van der Waals surface area contributed by atoms with Gasteiger partial charge in [0.25, 0.3) is 0 Å². The summed E-state index contributed by atoms with van der Waals surface area (Å²) >= 11 is 0. The van der Waals surface area contributed by atoms with Crippen molar-refractivity contribution in [2.45, 2.75) is 77.7 Å². The summed E-state index contributed by atoms with van der Waals surface area (Å²) in [7, 11) is 0. The van der Waals surface area contributed by atoms with Crippen molar-refractivity contribution in [3.05, 3.63) is 42.5 Å². The highest BCUT2D eigenvalue weighted by atomic mass is 16.5. The van der Waals surface area contributed by atoms with Crippen LogP contribution in [-0.2, 0) is 9.53 Å². The van der Waals surface area contributed by atoms with Crippen LogP contribution in [0.2, 0.25) is 0 Å². The smallest absolute Gasteiger partial charge is 0.333 e. The highest BCUT2D eigenvalue weighted by molar-refractivity contribution is 5.86. The molecular formula is C22H34O3. The minimum absolute atomic E-state index is 0.275. The molecule has 0 N–H and O–H groups in total. The number of hydrogen-bond acceptors (Lipinski definition) is 3. The molecule has 0 amide bonds. The van der Waals surface area contributed by atoms with Gasteiger partial charge in [0.15, 0.2) is 0 Å². The molecule has 1 aromatic rings. The maximum atomic E-state index is 11.3. The molecule has 1 atom stereocenters. The first-order valence-corrected chi connectivity index (χ1v) is 9.67. The first-order valence-electron chi connectivity index (χ1n) is 9.67. The maximum absolute atomic E-state index is 11.3. The first kappa shape index (κ1) is 21.3. The van der Waals surface area contributed by atoms with E-state index in [0.29, 0.717) is 12.2 Å². The lowest BCUT2D eigenvalue weighted by atomic mass is 10.0. The third-order valence-corrected chi connectivity index (χ3v) is 4.18. The van der Waals surface area contributed by atoms with Crippen LogP contribution < -0.4 is 4.74 Å². The van der Waals surface area contributed by atoms with Gasteiger partial charge in [-0.1, -0.05) is 51.0 Å². The molecule has 1 unspecified atom stereocenters. The summed E-state index contributed by atoms with van der Waals surface area (Å²) in [5.74, 6) is 0.666. The second-order valence-corrected chi connectivity index (χ2v) is 6.67. The molecule has 0 spiro atoms. The molecule has 0 fully saturated rings. The lowest BCUT2D eigenvalue weighted by Gasteiger charge is -2.19. The Morgan fingerprint density at radius 3 is 2.24 bits per heavy atom. The van der Waals surface area contributed by atoms with Crippen LogP contribution in [0.1, 0.15) is 71.6 Å². The molecule has 0 bridgehead atoms. The second-order valence-electron chi connectivity index (χ2n) is 6.67. The molecule has 0 saturated carbocycles. The van der Waals surface area contributed by atoms with Gasteiger partial charge in [-0.2, -0.15) is 0 Å². The molecule has 1 aromatic carbocycles. The van der Waals surface area contributed by atoms with E-state index in [4.69, 9.17) is 9.47 Å².